The summed E-state index contributed by atoms with van der Waals surface area (Å²) in [6.45, 7) is 17.5. The lowest BCUT2D eigenvalue weighted by molar-refractivity contribution is 0.0786. The van der Waals surface area contributed by atoms with E-state index >= 15 is 0 Å². The van der Waals surface area contributed by atoms with Crippen LogP contribution < -0.4 is 10.6 Å². The molecule has 2 atom stereocenters. The van der Waals surface area contributed by atoms with Crippen molar-refractivity contribution in [3.05, 3.63) is 77.5 Å². The van der Waals surface area contributed by atoms with E-state index in [-0.39, 0.29) is 12.1 Å². The highest BCUT2D eigenvalue weighted by molar-refractivity contribution is 5.94. The van der Waals surface area contributed by atoms with E-state index in [0.717, 1.165) is 34.0 Å². The molecule has 1 aromatic carbocycles. The van der Waals surface area contributed by atoms with E-state index in [4.69, 9.17) is 9.47 Å². The Morgan fingerprint density at radius 3 is 2.57 bits per heavy atom. The molecule has 5 heteroatoms. The normalized spacial score (nSPS) is 16.2. The van der Waals surface area contributed by atoms with E-state index < -0.39 is 0 Å². The minimum atomic E-state index is 0.0923. The van der Waals surface area contributed by atoms with E-state index in [2.05, 4.69) is 73.4 Å². The lowest BCUT2D eigenvalue weighted by Crippen LogP contribution is -2.25. The Balaban J connectivity index is 1.96. The molecule has 0 radical (unpaired) electrons. The molecule has 0 saturated carbocycles. The van der Waals surface area contributed by atoms with Gasteiger partial charge in [0.05, 0.1) is 19.3 Å². The van der Waals surface area contributed by atoms with Crippen LogP contribution in [0.1, 0.15) is 38.1 Å². The smallest absolute Gasteiger partial charge is 0.127 e. The maximum atomic E-state index is 5.61. The fourth-order valence-corrected chi connectivity index (χ4v) is 4.15. The lowest BCUT2D eigenvalue weighted by atomic mass is 10.1. The van der Waals surface area contributed by atoms with Crippen LogP contribution in [0.2, 0.25) is 0 Å². The van der Waals surface area contributed by atoms with Gasteiger partial charge in [0.15, 0.2) is 0 Å². The number of fused-ring (bicyclic) bond motifs is 1. The summed E-state index contributed by atoms with van der Waals surface area (Å²) in [4.78, 5) is 0. The minimum absolute atomic E-state index is 0.0923. The van der Waals surface area contributed by atoms with E-state index in [1.165, 1.54) is 16.6 Å². The Labute approximate surface area is 179 Å². The van der Waals surface area contributed by atoms with Crippen LogP contribution in [0.15, 0.2) is 66.2 Å². The first-order chi connectivity index (χ1) is 14.3. The van der Waals surface area contributed by atoms with Crippen molar-refractivity contribution in [3.8, 4) is 0 Å². The van der Waals surface area contributed by atoms with Gasteiger partial charge >= 0.3 is 0 Å². The molecule has 2 unspecified atom stereocenters. The van der Waals surface area contributed by atoms with Gasteiger partial charge in [-0.25, -0.2) is 0 Å². The van der Waals surface area contributed by atoms with E-state index in [0.29, 0.717) is 6.54 Å². The summed E-state index contributed by atoms with van der Waals surface area (Å²) >= 11 is 0. The number of hydrogen-bond donors (Lipinski definition) is 2. The SMILES string of the molecule is C=C1NC(C)=CC(OC)=C1CNC(=C)c1c(C)n(C(C)C(C)OC)c2ccccc12. The molecule has 0 bridgehead atoms. The molecule has 0 fully saturated rings. The molecule has 2 N–H and O–H groups in total. The van der Waals surface area contributed by atoms with Crippen molar-refractivity contribution in [2.24, 2.45) is 0 Å². The number of hydrogen-bond acceptors (Lipinski definition) is 4. The van der Waals surface area contributed by atoms with Crippen LogP contribution in [0.25, 0.3) is 16.6 Å². The Hall–Kier alpha value is -2.92. The molecule has 2 aromatic rings. The summed E-state index contributed by atoms with van der Waals surface area (Å²) in [5.41, 5.74) is 7.20. The monoisotopic (exact) mass is 407 g/mol. The summed E-state index contributed by atoms with van der Waals surface area (Å²) in [7, 11) is 3.44. The Kier molecular flexibility index (Phi) is 6.42. The van der Waals surface area contributed by atoms with E-state index in [1.54, 1.807) is 14.2 Å². The molecule has 0 saturated heterocycles. The molecular formula is C25H33N3O2. The zero-order valence-corrected chi connectivity index (χ0v) is 18.9. The van der Waals surface area contributed by atoms with Gasteiger partial charge in [-0.2, -0.15) is 0 Å². The third-order valence-electron chi connectivity index (χ3n) is 5.97. The second kappa shape index (κ2) is 8.84. The number of dihydropyridines is 1. The first-order valence-corrected chi connectivity index (χ1v) is 10.3. The standard InChI is InChI=1S/C25H33N3O2/c1-15-13-24(30-8)22(16(2)27-15)14-26-17(3)25-19(5)28(18(4)20(6)29-7)23-12-10-9-11-21(23)25/h9-13,18,20,26-27H,2-3,14H2,1,4-8H3. The van der Waals surface area contributed by atoms with E-state index in [1.807, 2.05) is 13.0 Å². The van der Waals surface area contributed by atoms with Gasteiger partial charge in [0.2, 0.25) is 0 Å². The summed E-state index contributed by atoms with van der Waals surface area (Å²) in [6.07, 6.45) is 2.08. The molecule has 1 aliphatic rings. The third-order valence-corrected chi connectivity index (χ3v) is 5.97. The van der Waals surface area contributed by atoms with Crippen molar-refractivity contribution in [1.82, 2.24) is 15.2 Å². The number of rotatable bonds is 8. The summed E-state index contributed by atoms with van der Waals surface area (Å²) in [5.74, 6) is 0.818. The van der Waals surface area contributed by atoms with Crippen LogP contribution in [0.3, 0.4) is 0 Å². The van der Waals surface area contributed by atoms with Crippen LogP contribution in [0.4, 0.5) is 0 Å². The predicted molar refractivity (Wildman–Crippen MR) is 125 cm³/mol. The highest BCUT2D eigenvalue weighted by Gasteiger charge is 2.23. The molecule has 160 valence electrons. The van der Waals surface area contributed by atoms with Gasteiger partial charge in [0.25, 0.3) is 0 Å². The van der Waals surface area contributed by atoms with Crippen molar-refractivity contribution < 1.29 is 9.47 Å². The highest BCUT2D eigenvalue weighted by Crippen LogP contribution is 2.34. The topological polar surface area (TPSA) is 47.5 Å². The van der Waals surface area contributed by atoms with Crippen molar-refractivity contribution in [2.45, 2.75) is 39.8 Å². The molecule has 1 aliphatic heterocycles. The zero-order chi connectivity index (χ0) is 22.0. The van der Waals surface area contributed by atoms with Crippen LogP contribution in [-0.4, -0.2) is 31.4 Å². The lowest BCUT2D eigenvalue weighted by Gasteiger charge is -2.24. The minimum Gasteiger partial charge on any atom is -0.496 e. The molecule has 3 rings (SSSR count). The number of para-hydroxylation sites is 1. The first kappa shape index (κ1) is 21.8. The number of benzene rings is 1. The van der Waals surface area contributed by atoms with Crippen LogP contribution >= 0.6 is 0 Å². The maximum absolute atomic E-state index is 5.61. The van der Waals surface area contributed by atoms with Crippen molar-refractivity contribution in [2.75, 3.05) is 20.8 Å². The van der Waals surface area contributed by atoms with Gasteiger partial charge in [0, 0.05) is 58.5 Å². The second-order valence-corrected chi connectivity index (χ2v) is 7.84. The summed E-state index contributed by atoms with van der Waals surface area (Å²) in [6, 6.07) is 8.64. The fourth-order valence-electron chi connectivity index (χ4n) is 4.15. The molecule has 1 aromatic heterocycles. The summed E-state index contributed by atoms with van der Waals surface area (Å²) in [5, 5.41) is 7.96. The first-order valence-electron chi connectivity index (χ1n) is 10.3. The molecule has 30 heavy (non-hydrogen) atoms. The number of nitrogens with one attached hydrogen (secondary N) is 2. The maximum Gasteiger partial charge on any atom is 0.127 e. The third kappa shape index (κ3) is 3.90. The zero-order valence-electron chi connectivity index (χ0n) is 18.9. The average molecular weight is 408 g/mol. The predicted octanol–water partition coefficient (Wildman–Crippen LogP) is 5.03. The molecule has 2 heterocycles. The highest BCUT2D eigenvalue weighted by atomic mass is 16.5. The quantitative estimate of drug-likeness (QED) is 0.645. The number of allylic oxidation sites excluding steroid dienone is 2. The van der Waals surface area contributed by atoms with Gasteiger partial charge in [-0.15, -0.1) is 0 Å². The number of ether oxygens (including phenoxy) is 2. The Morgan fingerprint density at radius 2 is 1.90 bits per heavy atom. The van der Waals surface area contributed by atoms with Gasteiger partial charge in [0.1, 0.15) is 5.76 Å². The van der Waals surface area contributed by atoms with Gasteiger partial charge < -0.3 is 24.7 Å². The Morgan fingerprint density at radius 1 is 1.20 bits per heavy atom. The molecule has 5 nitrogen and oxygen atoms in total. The number of aromatic nitrogens is 1. The van der Waals surface area contributed by atoms with Gasteiger partial charge in [-0.1, -0.05) is 31.4 Å². The number of methoxy groups -OCH3 is 2. The van der Waals surface area contributed by atoms with Crippen molar-refractivity contribution in [3.63, 3.8) is 0 Å². The molecular weight excluding hydrogens is 374 g/mol. The van der Waals surface area contributed by atoms with Gasteiger partial charge in [-0.05, 0) is 39.8 Å². The Bertz CT molecular complexity index is 1040. The second-order valence-electron chi connectivity index (χ2n) is 7.84. The summed E-state index contributed by atoms with van der Waals surface area (Å²) < 4.78 is 13.5. The average Bonchev–Trinajstić information content (AvgIpc) is 3.02. The van der Waals surface area contributed by atoms with Crippen molar-refractivity contribution in [1.29, 1.82) is 0 Å². The fraction of sp³-hybridized carbons (Fsp3) is 0.360. The van der Waals surface area contributed by atoms with Gasteiger partial charge in [-0.3, -0.25) is 0 Å². The van der Waals surface area contributed by atoms with E-state index in [9.17, 15) is 0 Å². The van der Waals surface area contributed by atoms with Crippen LogP contribution in [0.5, 0.6) is 0 Å². The van der Waals surface area contributed by atoms with Crippen molar-refractivity contribution >= 4 is 16.6 Å². The largest absolute Gasteiger partial charge is 0.496 e. The van der Waals surface area contributed by atoms with Crippen LogP contribution in [0, 0.1) is 6.92 Å². The van der Waals surface area contributed by atoms with Crippen LogP contribution in [-0.2, 0) is 9.47 Å². The molecule has 0 spiro atoms. The number of nitrogens with zero attached hydrogens (tertiary/aromatic N) is 1. The molecule has 0 aliphatic carbocycles. The molecule has 0 amide bonds.